The van der Waals surface area contributed by atoms with Crippen molar-refractivity contribution in [1.82, 2.24) is 0 Å². The van der Waals surface area contributed by atoms with E-state index in [1.54, 1.807) is 0 Å². The second kappa shape index (κ2) is 7.22. The molecule has 0 unspecified atom stereocenters. The summed E-state index contributed by atoms with van der Waals surface area (Å²) in [5, 5.41) is 0. The Morgan fingerprint density at radius 1 is 1.07 bits per heavy atom. The van der Waals surface area contributed by atoms with Gasteiger partial charge in [-0.1, -0.05) is 37.3 Å². The van der Waals surface area contributed by atoms with Crippen molar-refractivity contribution in [3.63, 3.8) is 0 Å². The summed E-state index contributed by atoms with van der Waals surface area (Å²) < 4.78 is 0. The highest BCUT2D eigenvalue weighted by Crippen LogP contribution is 2.07. The third-order valence-electron chi connectivity index (χ3n) is 2.54. The predicted octanol–water partition coefficient (Wildman–Crippen LogP) is 3.77. The second-order valence-corrected chi connectivity index (χ2v) is 3.98. The molecule has 1 rings (SSSR count). The normalized spacial score (nSPS) is 10.2. The molecule has 0 aliphatic carbocycles. The molecule has 0 saturated heterocycles. The van der Waals surface area contributed by atoms with Crippen LogP contribution in [0, 0.1) is 0 Å². The zero-order valence-corrected chi connectivity index (χ0v) is 9.54. The summed E-state index contributed by atoms with van der Waals surface area (Å²) in [5.41, 5.74) is 1.38. The quantitative estimate of drug-likeness (QED) is 0.618. The molecule has 15 heavy (non-hydrogen) atoms. The van der Waals surface area contributed by atoms with Gasteiger partial charge in [-0.15, -0.1) is 0 Å². The van der Waals surface area contributed by atoms with Crippen LogP contribution in [0.2, 0.25) is 0 Å². The van der Waals surface area contributed by atoms with E-state index < -0.39 is 0 Å². The van der Waals surface area contributed by atoms with E-state index in [9.17, 15) is 4.79 Å². The van der Waals surface area contributed by atoms with Crippen LogP contribution in [0.5, 0.6) is 0 Å². The molecule has 0 radical (unpaired) electrons. The van der Waals surface area contributed by atoms with E-state index in [1.807, 2.05) is 6.07 Å². The van der Waals surface area contributed by atoms with Crippen molar-refractivity contribution < 1.29 is 4.79 Å². The molecule has 0 bridgehead atoms. The lowest BCUT2D eigenvalue weighted by molar-refractivity contribution is -0.119. The standard InChI is InChI=1S/C14H20O/c1-2-8-14(15)12-7-6-11-13-9-4-3-5-10-13/h3-5,9-10H,2,6-8,11-12H2,1H3. The van der Waals surface area contributed by atoms with Gasteiger partial charge in [0.25, 0.3) is 0 Å². The van der Waals surface area contributed by atoms with Gasteiger partial charge in [0.2, 0.25) is 0 Å². The first-order chi connectivity index (χ1) is 7.33. The SMILES string of the molecule is CCCC(=O)CCCCc1ccccc1. The van der Waals surface area contributed by atoms with Gasteiger partial charge in [0.15, 0.2) is 0 Å². The van der Waals surface area contributed by atoms with E-state index in [2.05, 4.69) is 31.2 Å². The van der Waals surface area contributed by atoms with Crippen LogP contribution < -0.4 is 0 Å². The molecule has 0 aliphatic heterocycles. The summed E-state index contributed by atoms with van der Waals surface area (Å²) in [7, 11) is 0. The number of unbranched alkanes of at least 4 members (excludes halogenated alkanes) is 1. The van der Waals surface area contributed by atoms with Crippen molar-refractivity contribution in [3.05, 3.63) is 35.9 Å². The summed E-state index contributed by atoms with van der Waals surface area (Å²) in [6.07, 6.45) is 5.76. The van der Waals surface area contributed by atoms with Crippen molar-refractivity contribution in [1.29, 1.82) is 0 Å². The number of hydrogen-bond acceptors (Lipinski definition) is 1. The summed E-state index contributed by atoms with van der Waals surface area (Å²) in [4.78, 5) is 11.3. The minimum absolute atomic E-state index is 0.422. The van der Waals surface area contributed by atoms with Crippen LogP contribution in [-0.2, 0) is 11.2 Å². The fourth-order valence-corrected chi connectivity index (χ4v) is 1.70. The average molecular weight is 204 g/mol. The highest BCUT2D eigenvalue weighted by Gasteiger charge is 1.99. The molecule has 0 N–H and O–H groups in total. The Morgan fingerprint density at radius 3 is 2.47 bits per heavy atom. The Labute approximate surface area is 92.5 Å². The molecule has 0 saturated carbocycles. The maximum Gasteiger partial charge on any atom is 0.132 e. The van der Waals surface area contributed by atoms with Crippen LogP contribution >= 0.6 is 0 Å². The molecule has 1 aromatic rings. The smallest absolute Gasteiger partial charge is 0.132 e. The fraction of sp³-hybridized carbons (Fsp3) is 0.500. The number of rotatable bonds is 7. The minimum atomic E-state index is 0.422. The molecule has 0 aliphatic rings. The van der Waals surface area contributed by atoms with Gasteiger partial charge in [-0.3, -0.25) is 4.79 Å². The lowest BCUT2D eigenvalue weighted by Gasteiger charge is -2.01. The van der Waals surface area contributed by atoms with Crippen molar-refractivity contribution in [2.75, 3.05) is 0 Å². The van der Waals surface area contributed by atoms with Crippen molar-refractivity contribution in [3.8, 4) is 0 Å². The van der Waals surface area contributed by atoms with E-state index in [-0.39, 0.29) is 0 Å². The summed E-state index contributed by atoms with van der Waals surface area (Å²) in [6, 6.07) is 10.5. The van der Waals surface area contributed by atoms with E-state index in [4.69, 9.17) is 0 Å². The van der Waals surface area contributed by atoms with Gasteiger partial charge in [-0.05, 0) is 31.2 Å². The molecule has 82 valence electrons. The number of benzene rings is 1. The molecule has 1 nitrogen and oxygen atoms in total. The third-order valence-corrected chi connectivity index (χ3v) is 2.54. The molecule has 0 aromatic heterocycles. The van der Waals surface area contributed by atoms with Gasteiger partial charge in [0.05, 0.1) is 0 Å². The molecule has 1 aromatic carbocycles. The lowest BCUT2D eigenvalue weighted by Crippen LogP contribution is -1.96. The highest BCUT2D eigenvalue weighted by molar-refractivity contribution is 5.78. The van der Waals surface area contributed by atoms with Crippen LogP contribution in [-0.4, -0.2) is 5.78 Å². The monoisotopic (exact) mass is 204 g/mol. The Morgan fingerprint density at radius 2 is 1.80 bits per heavy atom. The number of carbonyl (C=O) groups excluding carboxylic acids is 1. The maximum atomic E-state index is 11.3. The van der Waals surface area contributed by atoms with Gasteiger partial charge in [-0.2, -0.15) is 0 Å². The summed E-state index contributed by atoms with van der Waals surface area (Å²) in [6.45, 7) is 2.06. The summed E-state index contributed by atoms with van der Waals surface area (Å²) in [5.74, 6) is 0.422. The van der Waals surface area contributed by atoms with Gasteiger partial charge < -0.3 is 0 Å². The first-order valence-corrected chi connectivity index (χ1v) is 5.88. The molecular formula is C14H20O. The molecule has 0 spiro atoms. The topological polar surface area (TPSA) is 17.1 Å². The lowest BCUT2D eigenvalue weighted by atomic mass is 10.0. The minimum Gasteiger partial charge on any atom is -0.300 e. The summed E-state index contributed by atoms with van der Waals surface area (Å²) >= 11 is 0. The number of Topliss-reactive ketones (excluding diaryl/α,β-unsaturated/α-hetero) is 1. The Balaban J connectivity index is 2.10. The van der Waals surface area contributed by atoms with Crippen molar-refractivity contribution >= 4 is 5.78 Å². The second-order valence-electron chi connectivity index (χ2n) is 3.98. The van der Waals surface area contributed by atoms with Crippen LogP contribution in [0.15, 0.2) is 30.3 Å². The number of aryl methyl sites for hydroxylation is 1. The largest absolute Gasteiger partial charge is 0.300 e. The molecule has 0 atom stereocenters. The van der Waals surface area contributed by atoms with Crippen LogP contribution in [0.4, 0.5) is 0 Å². The Hall–Kier alpha value is -1.11. The van der Waals surface area contributed by atoms with E-state index in [0.717, 1.165) is 38.5 Å². The first-order valence-electron chi connectivity index (χ1n) is 5.88. The van der Waals surface area contributed by atoms with Gasteiger partial charge >= 0.3 is 0 Å². The van der Waals surface area contributed by atoms with Gasteiger partial charge in [-0.25, -0.2) is 0 Å². The van der Waals surface area contributed by atoms with E-state index in [0.29, 0.717) is 5.78 Å². The van der Waals surface area contributed by atoms with Gasteiger partial charge in [0, 0.05) is 12.8 Å². The van der Waals surface area contributed by atoms with Gasteiger partial charge in [0.1, 0.15) is 5.78 Å². The van der Waals surface area contributed by atoms with Crippen LogP contribution in [0.1, 0.15) is 44.6 Å². The number of ketones is 1. The molecular weight excluding hydrogens is 184 g/mol. The third kappa shape index (κ3) is 5.36. The highest BCUT2D eigenvalue weighted by atomic mass is 16.1. The van der Waals surface area contributed by atoms with Crippen LogP contribution in [0.3, 0.4) is 0 Å². The molecule has 0 heterocycles. The Bertz CT molecular complexity index is 277. The number of hydrogen-bond donors (Lipinski definition) is 0. The van der Waals surface area contributed by atoms with Crippen LogP contribution in [0.25, 0.3) is 0 Å². The molecule has 0 fully saturated rings. The zero-order chi connectivity index (χ0) is 10.9. The molecule has 0 amide bonds. The maximum absolute atomic E-state index is 11.3. The fourth-order valence-electron chi connectivity index (χ4n) is 1.70. The van der Waals surface area contributed by atoms with E-state index in [1.165, 1.54) is 5.56 Å². The van der Waals surface area contributed by atoms with Crippen molar-refractivity contribution in [2.45, 2.75) is 45.4 Å². The average Bonchev–Trinajstić information content (AvgIpc) is 2.26. The Kier molecular flexibility index (Phi) is 5.76. The first kappa shape index (κ1) is 12.0. The molecule has 1 heteroatoms. The zero-order valence-electron chi connectivity index (χ0n) is 9.54. The van der Waals surface area contributed by atoms with Crippen molar-refractivity contribution in [2.24, 2.45) is 0 Å². The predicted molar refractivity (Wildman–Crippen MR) is 63.9 cm³/mol. The van der Waals surface area contributed by atoms with E-state index >= 15 is 0 Å². The number of carbonyl (C=O) groups is 1.